The van der Waals surface area contributed by atoms with Crippen LogP contribution >= 0.6 is 0 Å². The van der Waals surface area contributed by atoms with Gasteiger partial charge < -0.3 is 10.5 Å². The summed E-state index contributed by atoms with van der Waals surface area (Å²) in [5.74, 6) is -0.598. The van der Waals surface area contributed by atoms with Crippen LogP contribution in [0, 0.1) is 5.82 Å². The van der Waals surface area contributed by atoms with E-state index in [1.807, 2.05) is 30.3 Å². The third-order valence-corrected chi connectivity index (χ3v) is 4.25. The minimum atomic E-state index is -0.702. The Balaban J connectivity index is 1.84. The monoisotopic (exact) mass is 362 g/mol. The number of carbonyl (C=O) groups is 1. The number of aromatic amines is 1. The Bertz CT molecular complexity index is 1140. The SMILES string of the molecule is NC(=O)c1n[nH]nc1-c1c(OCc2ccccc2F)ccc2ccccc12. The summed E-state index contributed by atoms with van der Waals surface area (Å²) in [6, 6.07) is 17.6. The molecule has 0 saturated carbocycles. The van der Waals surface area contributed by atoms with Crippen molar-refractivity contribution in [1.29, 1.82) is 0 Å². The predicted octanol–water partition coefficient (Wildman–Crippen LogP) is 3.44. The molecule has 134 valence electrons. The van der Waals surface area contributed by atoms with Crippen molar-refractivity contribution >= 4 is 16.7 Å². The van der Waals surface area contributed by atoms with Crippen molar-refractivity contribution in [2.45, 2.75) is 6.61 Å². The van der Waals surface area contributed by atoms with Gasteiger partial charge in [-0.25, -0.2) is 4.39 Å². The number of rotatable bonds is 5. The molecule has 0 spiro atoms. The second-order valence-electron chi connectivity index (χ2n) is 5.92. The largest absolute Gasteiger partial charge is 0.488 e. The first-order valence-electron chi connectivity index (χ1n) is 8.24. The van der Waals surface area contributed by atoms with E-state index < -0.39 is 5.91 Å². The molecule has 7 heteroatoms. The molecule has 4 aromatic rings. The highest BCUT2D eigenvalue weighted by Crippen LogP contribution is 2.37. The summed E-state index contributed by atoms with van der Waals surface area (Å²) in [5.41, 5.74) is 6.73. The zero-order valence-corrected chi connectivity index (χ0v) is 14.1. The first-order chi connectivity index (χ1) is 13.1. The number of aromatic nitrogens is 3. The van der Waals surface area contributed by atoms with Gasteiger partial charge in [0.05, 0.1) is 5.56 Å². The minimum absolute atomic E-state index is 0.0158. The topological polar surface area (TPSA) is 93.9 Å². The molecular formula is C20H15FN4O2. The average molecular weight is 362 g/mol. The van der Waals surface area contributed by atoms with Gasteiger partial charge in [0.25, 0.3) is 5.91 Å². The Morgan fingerprint density at radius 3 is 2.63 bits per heavy atom. The van der Waals surface area contributed by atoms with Crippen LogP contribution in [0.1, 0.15) is 16.1 Å². The highest BCUT2D eigenvalue weighted by molar-refractivity contribution is 6.05. The quantitative estimate of drug-likeness (QED) is 0.569. The zero-order chi connectivity index (χ0) is 18.8. The van der Waals surface area contributed by atoms with E-state index >= 15 is 0 Å². The van der Waals surface area contributed by atoms with E-state index in [2.05, 4.69) is 15.4 Å². The Labute approximate surface area is 153 Å². The molecule has 6 nitrogen and oxygen atoms in total. The van der Waals surface area contributed by atoms with Gasteiger partial charge in [-0.1, -0.05) is 48.5 Å². The molecule has 4 rings (SSSR count). The van der Waals surface area contributed by atoms with Gasteiger partial charge in [-0.05, 0) is 22.9 Å². The molecule has 0 radical (unpaired) electrons. The Morgan fingerprint density at radius 2 is 1.81 bits per heavy atom. The van der Waals surface area contributed by atoms with Gasteiger partial charge in [-0.2, -0.15) is 15.4 Å². The number of hydrogen-bond acceptors (Lipinski definition) is 4. The zero-order valence-electron chi connectivity index (χ0n) is 14.1. The van der Waals surface area contributed by atoms with E-state index in [4.69, 9.17) is 10.5 Å². The second kappa shape index (κ2) is 6.87. The van der Waals surface area contributed by atoms with Crippen LogP contribution in [0.4, 0.5) is 4.39 Å². The smallest absolute Gasteiger partial charge is 0.271 e. The third kappa shape index (κ3) is 3.10. The lowest BCUT2D eigenvalue weighted by Gasteiger charge is -2.14. The molecule has 0 atom stereocenters. The summed E-state index contributed by atoms with van der Waals surface area (Å²) in [4.78, 5) is 11.7. The van der Waals surface area contributed by atoms with E-state index in [1.165, 1.54) is 6.07 Å². The number of hydrogen-bond donors (Lipinski definition) is 2. The second-order valence-corrected chi connectivity index (χ2v) is 5.92. The molecule has 0 aliphatic rings. The normalized spacial score (nSPS) is 10.9. The van der Waals surface area contributed by atoms with E-state index in [9.17, 15) is 9.18 Å². The lowest BCUT2D eigenvalue weighted by atomic mass is 9.99. The van der Waals surface area contributed by atoms with Gasteiger partial charge in [0, 0.05) is 5.56 Å². The fourth-order valence-electron chi connectivity index (χ4n) is 2.96. The number of nitrogens with two attached hydrogens (primary N) is 1. The molecule has 3 aromatic carbocycles. The number of amides is 1. The fourth-order valence-corrected chi connectivity index (χ4v) is 2.96. The van der Waals surface area contributed by atoms with Crippen molar-refractivity contribution in [2.24, 2.45) is 5.73 Å². The highest BCUT2D eigenvalue weighted by atomic mass is 19.1. The molecule has 1 aromatic heterocycles. The third-order valence-electron chi connectivity index (χ3n) is 4.25. The standard InChI is InChI=1S/C20H15FN4O2/c21-15-8-4-2-6-13(15)11-27-16-10-9-12-5-1-3-7-14(12)17(16)18-19(20(22)26)24-25-23-18/h1-10H,11H2,(H2,22,26)(H,23,24,25). The van der Waals surface area contributed by atoms with E-state index in [0.717, 1.165) is 10.8 Å². The van der Waals surface area contributed by atoms with Gasteiger partial charge in [0.2, 0.25) is 0 Å². The summed E-state index contributed by atoms with van der Waals surface area (Å²) in [7, 11) is 0. The van der Waals surface area contributed by atoms with Crippen LogP contribution in [0.25, 0.3) is 22.0 Å². The van der Waals surface area contributed by atoms with Gasteiger partial charge in [0.15, 0.2) is 5.69 Å². The molecule has 27 heavy (non-hydrogen) atoms. The number of H-pyrrole nitrogens is 1. The molecule has 0 fully saturated rings. The lowest BCUT2D eigenvalue weighted by molar-refractivity contribution is 0.0996. The highest BCUT2D eigenvalue weighted by Gasteiger charge is 2.21. The van der Waals surface area contributed by atoms with Crippen LogP contribution < -0.4 is 10.5 Å². The number of nitrogens with zero attached hydrogens (tertiary/aromatic N) is 2. The van der Waals surface area contributed by atoms with Crippen LogP contribution in [0.3, 0.4) is 0 Å². The molecule has 0 aliphatic carbocycles. The Kier molecular flexibility index (Phi) is 4.25. The average Bonchev–Trinajstić information content (AvgIpc) is 3.16. The number of halogens is 1. The van der Waals surface area contributed by atoms with Gasteiger partial charge in [0.1, 0.15) is 23.9 Å². The minimum Gasteiger partial charge on any atom is -0.488 e. The van der Waals surface area contributed by atoms with Crippen LogP contribution in [0.15, 0.2) is 60.7 Å². The summed E-state index contributed by atoms with van der Waals surface area (Å²) in [6.45, 7) is 0.0295. The van der Waals surface area contributed by atoms with Crippen molar-refractivity contribution in [3.63, 3.8) is 0 Å². The van der Waals surface area contributed by atoms with Crippen molar-refractivity contribution in [2.75, 3.05) is 0 Å². The van der Waals surface area contributed by atoms with Crippen molar-refractivity contribution in [1.82, 2.24) is 15.4 Å². The van der Waals surface area contributed by atoms with Crippen LogP contribution in [-0.2, 0) is 6.61 Å². The maximum absolute atomic E-state index is 13.9. The first kappa shape index (κ1) is 16.7. The molecular weight excluding hydrogens is 347 g/mol. The van der Waals surface area contributed by atoms with Crippen molar-refractivity contribution in [3.8, 4) is 17.0 Å². The number of primary amides is 1. The molecule has 1 heterocycles. The predicted molar refractivity (Wildman–Crippen MR) is 98.6 cm³/mol. The lowest BCUT2D eigenvalue weighted by Crippen LogP contribution is -2.13. The molecule has 0 unspecified atom stereocenters. The molecule has 0 aliphatic heterocycles. The van der Waals surface area contributed by atoms with E-state index in [-0.39, 0.29) is 18.1 Å². The van der Waals surface area contributed by atoms with Crippen LogP contribution in [-0.4, -0.2) is 21.3 Å². The fraction of sp³-hybridized carbons (Fsp3) is 0.0500. The van der Waals surface area contributed by atoms with E-state index in [1.54, 1.807) is 24.3 Å². The summed E-state index contributed by atoms with van der Waals surface area (Å²) < 4.78 is 19.8. The summed E-state index contributed by atoms with van der Waals surface area (Å²) in [5, 5.41) is 12.1. The van der Waals surface area contributed by atoms with Gasteiger partial charge in [-0.15, -0.1) is 0 Å². The Morgan fingerprint density at radius 1 is 1.04 bits per heavy atom. The van der Waals surface area contributed by atoms with Gasteiger partial charge >= 0.3 is 0 Å². The first-order valence-corrected chi connectivity index (χ1v) is 8.24. The number of fused-ring (bicyclic) bond motifs is 1. The summed E-state index contributed by atoms with van der Waals surface area (Å²) in [6.07, 6.45) is 0. The van der Waals surface area contributed by atoms with Crippen LogP contribution in [0.5, 0.6) is 5.75 Å². The summed E-state index contributed by atoms with van der Waals surface area (Å²) >= 11 is 0. The molecule has 3 N–H and O–H groups in total. The molecule has 1 amide bonds. The van der Waals surface area contributed by atoms with Crippen LogP contribution in [0.2, 0.25) is 0 Å². The van der Waals surface area contributed by atoms with Gasteiger partial charge in [-0.3, -0.25) is 4.79 Å². The Hall–Kier alpha value is -3.74. The number of nitrogens with one attached hydrogen (secondary N) is 1. The number of benzene rings is 3. The van der Waals surface area contributed by atoms with E-state index in [0.29, 0.717) is 22.6 Å². The number of carbonyl (C=O) groups excluding carboxylic acids is 1. The van der Waals surface area contributed by atoms with Crippen molar-refractivity contribution < 1.29 is 13.9 Å². The molecule has 0 bridgehead atoms. The number of ether oxygens (including phenoxy) is 1. The maximum atomic E-state index is 13.9. The molecule has 0 saturated heterocycles. The van der Waals surface area contributed by atoms with Crippen molar-refractivity contribution in [3.05, 3.63) is 77.7 Å². The maximum Gasteiger partial charge on any atom is 0.271 e.